The highest BCUT2D eigenvalue weighted by Gasteiger charge is 2.32. The SMILES string of the molecule is CCCCCCCCCCCCn1cc[n+](Cc2c(C[n+]3ccn(CCCCCCCCCCCC)c3)c(C[n+]3ccn(CCCCCCCCCCCC)c3)c(C[n+]3ccn(CCCCCCCCCCCC)c3)c(C[n+]3ccn(CCCCCCCCCCCC)c3)c2C[n+]2ccn(CCCCCCCCCCCC)c2)c1. The van der Waals surface area contributed by atoms with Crippen LogP contribution < -0.4 is 27.4 Å². The first-order valence-corrected chi connectivity index (χ1v) is 49.9. The molecule has 114 heavy (non-hydrogen) atoms. The zero-order valence-electron chi connectivity index (χ0n) is 75.7. The molecule has 0 unspecified atom stereocenters. The van der Waals surface area contributed by atoms with E-state index in [1.807, 2.05) is 0 Å². The van der Waals surface area contributed by atoms with Gasteiger partial charge in [-0.05, 0) is 77.0 Å². The van der Waals surface area contributed by atoms with Crippen LogP contribution in [0.5, 0.6) is 0 Å². The van der Waals surface area contributed by atoms with Crippen molar-refractivity contribution < 1.29 is 27.4 Å². The molecule has 0 radical (unpaired) electrons. The maximum Gasteiger partial charge on any atom is 0.244 e. The molecule has 0 aliphatic heterocycles. The lowest BCUT2D eigenvalue weighted by Crippen LogP contribution is -2.44. The van der Waals surface area contributed by atoms with Gasteiger partial charge in [-0.15, -0.1) is 0 Å². The molecular weight excluding hydrogens is 1390 g/mol. The van der Waals surface area contributed by atoms with Crippen LogP contribution in [0.1, 0.15) is 460 Å². The van der Waals surface area contributed by atoms with Crippen LogP contribution in [0.4, 0.5) is 0 Å². The normalized spacial score (nSPS) is 11.8. The number of rotatable bonds is 78. The number of aryl methyl sites for hydroxylation is 6. The van der Waals surface area contributed by atoms with Gasteiger partial charge in [-0.3, -0.25) is 0 Å². The molecule has 0 spiro atoms. The molecule has 0 saturated heterocycles. The standard InChI is InChI=1S/C102H180N12/c1-7-13-19-25-31-37-43-49-55-61-67-103-73-79-109(91-103)85-97-98(86-110-80-74-104(92-110)68-62-56-50-44-38-32-26-20-14-8-2)100(88-112-82-76-106(94-112)70-64-58-52-46-40-34-28-22-16-10-4)102(90-114-84-78-108(96-114)72-66-60-54-48-42-36-30-24-18-12-6)101(89-113-83-77-107(95-113)71-65-59-53-47-41-35-29-23-17-11-5)99(97)87-111-81-75-105(93-111)69-63-57-51-45-39-33-27-21-15-9-3/h73-84,91-96H,7-72,85-90H2,1-6H3/q+6. The Morgan fingerprint density at radius 3 is 0.368 bits per heavy atom. The first-order chi connectivity index (χ1) is 56.4. The molecule has 0 aliphatic carbocycles. The molecule has 0 saturated carbocycles. The molecule has 0 amide bonds. The number of nitrogens with zero attached hydrogens (tertiary/aromatic N) is 12. The molecule has 0 atom stereocenters. The summed E-state index contributed by atoms with van der Waals surface area (Å²) in [6, 6.07) is 0. The van der Waals surface area contributed by atoms with Crippen LogP contribution in [0.15, 0.2) is 112 Å². The summed E-state index contributed by atoms with van der Waals surface area (Å²) in [4.78, 5) is 0. The van der Waals surface area contributed by atoms with Crippen molar-refractivity contribution in [1.82, 2.24) is 27.4 Å². The molecule has 7 rings (SSSR count). The van der Waals surface area contributed by atoms with Crippen molar-refractivity contribution in [3.8, 4) is 0 Å². The van der Waals surface area contributed by atoms with Crippen LogP contribution >= 0.6 is 0 Å². The second kappa shape index (κ2) is 63.5. The Kier molecular flexibility index (Phi) is 53.3. The van der Waals surface area contributed by atoms with Gasteiger partial charge in [-0.1, -0.05) is 350 Å². The Bertz CT molecular complexity index is 2790. The lowest BCUT2D eigenvalue weighted by Gasteiger charge is -2.24. The summed E-state index contributed by atoms with van der Waals surface area (Å²) < 4.78 is 30.5. The summed E-state index contributed by atoms with van der Waals surface area (Å²) in [6.07, 6.45) is 125. The fraction of sp³-hybridized carbons (Fsp3) is 0.765. The first kappa shape index (κ1) is 95.6. The summed E-state index contributed by atoms with van der Waals surface area (Å²) in [7, 11) is 0. The van der Waals surface area contributed by atoms with Crippen molar-refractivity contribution in [2.75, 3.05) is 0 Å². The molecule has 12 heteroatoms. The van der Waals surface area contributed by atoms with E-state index < -0.39 is 0 Å². The minimum absolute atomic E-state index is 0.812. The Morgan fingerprint density at radius 1 is 0.149 bits per heavy atom. The Balaban J connectivity index is 1.31. The van der Waals surface area contributed by atoms with Gasteiger partial charge in [-0.2, -0.15) is 0 Å². The maximum atomic E-state index is 2.57. The monoisotopic (exact) mass is 1570 g/mol. The van der Waals surface area contributed by atoms with E-state index >= 15 is 0 Å². The third-order valence-corrected chi connectivity index (χ3v) is 25.3. The molecule has 0 aliphatic rings. The summed E-state index contributed by atoms with van der Waals surface area (Å²) >= 11 is 0. The number of imidazole rings is 6. The lowest BCUT2D eigenvalue weighted by atomic mass is 9.85. The number of unbranched alkanes of at least 4 members (excludes halogenated alkanes) is 54. The Morgan fingerprint density at radius 2 is 0.254 bits per heavy atom. The highest BCUT2D eigenvalue weighted by atomic mass is 15.2. The highest BCUT2D eigenvalue weighted by Crippen LogP contribution is 2.31. The number of aromatic nitrogens is 12. The quantitative estimate of drug-likeness (QED) is 0.0270. The van der Waals surface area contributed by atoms with E-state index in [4.69, 9.17) is 0 Å². The molecule has 0 fully saturated rings. The predicted molar refractivity (Wildman–Crippen MR) is 480 cm³/mol. The number of benzene rings is 1. The number of hydrogen-bond acceptors (Lipinski definition) is 0. The van der Waals surface area contributed by atoms with Crippen LogP contribution in [0.3, 0.4) is 0 Å². The van der Waals surface area contributed by atoms with Crippen LogP contribution in [0.2, 0.25) is 0 Å². The summed E-state index contributed by atoms with van der Waals surface area (Å²) in [5.41, 5.74) is 8.97. The third kappa shape index (κ3) is 41.7. The van der Waals surface area contributed by atoms with Crippen molar-refractivity contribution in [3.63, 3.8) is 0 Å². The molecule has 6 aromatic heterocycles. The van der Waals surface area contributed by atoms with Gasteiger partial charge in [0.05, 0.1) is 39.3 Å². The van der Waals surface area contributed by atoms with Crippen molar-refractivity contribution in [3.05, 3.63) is 146 Å². The highest BCUT2D eigenvalue weighted by molar-refractivity contribution is 5.51. The summed E-state index contributed by atoms with van der Waals surface area (Å²) in [6.45, 7) is 25.3. The summed E-state index contributed by atoms with van der Waals surface area (Å²) in [5, 5.41) is 0. The minimum atomic E-state index is 0.812. The molecule has 12 nitrogen and oxygen atoms in total. The van der Waals surface area contributed by atoms with E-state index in [1.165, 1.54) is 419 Å². The molecule has 6 heterocycles. The van der Waals surface area contributed by atoms with Gasteiger partial charge in [0.1, 0.15) is 114 Å². The maximum absolute atomic E-state index is 2.57. The van der Waals surface area contributed by atoms with Gasteiger partial charge in [-0.25, -0.2) is 54.8 Å². The van der Waals surface area contributed by atoms with Gasteiger partial charge >= 0.3 is 0 Å². The van der Waals surface area contributed by atoms with Crippen LogP contribution in [0, 0.1) is 0 Å². The van der Waals surface area contributed by atoms with E-state index in [1.54, 1.807) is 0 Å². The number of hydrogen-bond donors (Lipinski definition) is 0. The van der Waals surface area contributed by atoms with E-state index in [0.29, 0.717) is 0 Å². The van der Waals surface area contributed by atoms with Gasteiger partial charge in [0.2, 0.25) is 38.0 Å². The van der Waals surface area contributed by atoms with Crippen LogP contribution in [-0.4, -0.2) is 27.4 Å². The zero-order valence-corrected chi connectivity index (χ0v) is 75.7. The largest absolute Gasteiger partial charge is 0.244 e. The third-order valence-electron chi connectivity index (χ3n) is 25.3. The predicted octanol–water partition coefficient (Wildman–Crippen LogP) is 26.0. The van der Waals surface area contributed by atoms with E-state index in [-0.39, 0.29) is 0 Å². The average molecular weight is 1570 g/mol. The topological polar surface area (TPSA) is 52.9 Å². The van der Waals surface area contributed by atoms with E-state index in [0.717, 1.165) is 78.5 Å². The molecular formula is C102H180N12+6. The van der Waals surface area contributed by atoms with Crippen molar-refractivity contribution in [1.29, 1.82) is 0 Å². The Labute approximate surface area is 701 Å². The smallest absolute Gasteiger partial charge is 0.237 e. The molecule has 642 valence electrons. The fourth-order valence-electron chi connectivity index (χ4n) is 18.0. The molecule has 0 bridgehead atoms. The van der Waals surface area contributed by atoms with Gasteiger partial charge in [0, 0.05) is 33.4 Å². The summed E-state index contributed by atoms with van der Waals surface area (Å²) in [5.74, 6) is 0. The second-order valence-corrected chi connectivity index (χ2v) is 35.9. The average Bonchev–Trinajstić information content (AvgIpc) is 1.20. The van der Waals surface area contributed by atoms with Crippen molar-refractivity contribution in [2.45, 2.75) is 505 Å². The van der Waals surface area contributed by atoms with Gasteiger partial charge in [0.15, 0.2) is 0 Å². The van der Waals surface area contributed by atoms with E-state index in [9.17, 15) is 0 Å². The van der Waals surface area contributed by atoms with Crippen molar-refractivity contribution >= 4 is 0 Å². The Hall–Kier alpha value is -5.52. The first-order valence-electron chi connectivity index (χ1n) is 49.9. The fourth-order valence-corrected chi connectivity index (χ4v) is 18.0. The molecule has 7 aromatic rings. The van der Waals surface area contributed by atoms with Crippen LogP contribution in [0.25, 0.3) is 0 Å². The van der Waals surface area contributed by atoms with E-state index in [2.05, 4.69) is 209 Å². The van der Waals surface area contributed by atoms with Crippen LogP contribution in [-0.2, 0) is 78.5 Å². The lowest BCUT2D eigenvalue weighted by molar-refractivity contribution is -0.700. The van der Waals surface area contributed by atoms with Gasteiger partial charge < -0.3 is 0 Å². The molecule has 0 N–H and O–H groups in total. The second-order valence-electron chi connectivity index (χ2n) is 35.9. The zero-order chi connectivity index (χ0) is 80.0. The minimum Gasteiger partial charge on any atom is -0.237 e. The van der Waals surface area contributed by atoms with Gasteiger partial charge in [0.25, 0.3) is 0 Å². The van der Waals surface area contributed by atoms with Crippen molar-refractivity contribution in [2.24, 2.45) is 0 Å². The molecule has 1 aromatic carbocycles.